The third-order valence-electron chi connectivity index (χ3n) is 5.73. The summed E-state index contributed by atoms with van der Waals surface area (Å²) in [5.41, 5.74) is 0.0144. The average Bonchev–Trinajstić information content (AvgIpc) is 2.71. The van der Waals surface area contributed by atoms with E-state index in [-0.39, 0.29) is 29.7 Å². The Kier molecular flexibility index (Phi) is 4.97. The van der Waals surface area contributed by atoms with Crippen LogP contribution in [0, 0.1) is 5.92 Å². The van der Waals surface area contributed by atoms with Crippen LogP contribution >= 0.6 is 0 Å². The van der Waals surface area contributed by atoms with Crippen molar-refractivity contribution in [1.82, 2.24) is 4.90 Å². The maximum Gasteiger partial charge on any atom is 0.374 e. The van der Waals surface area contributed by atoms with Gasteiger partial charge in [-0.25, -0.2) is 4.79 Å². The summed E-state index contributed by atoms with van der Waals surface area (Å²) in [5.74, 6) is -0.558. The van der Waals surface area contributed by atoms with Gasteiger partial charge in [0.25, 0.3) is 5.91 Å². The van der Waals surface area contributed by atoms with Crippen molar-refractivity contribution in [2.75, 3.05) is 13.2 Å². The first-order valence-electron chi connectivity index (χ1n) is 9.63. The number of para-hydroxylation sites is 1. The van der Waals surface area contributed by atoms with Crippen molar-refractivity contribution >= 4 is 22.8 Å². The minimum absolute atomic E-state index is 0.164. The third kappa shape index (κ3) is 3.61. The molecular formula is C21H23NO5. The van der Waals surface area contributed by atoms with Crippen LogP contribution in [0.4, 0.5) is 0 Å². The van der Waals surface area contributed by atoms with E-state index in [0.29, 0.717) is 16.9 Å². The van der Waals surface area contributed by atoms with Crippen molar-refractivity contribution < 1.29 is 18.7 Å². The van der Waals surface area contributed by atoms with Gasteiger partial charge in [0.1, 0.15) is 5.58 Å². The van der Waals surface area contributed by atoms with Crippen molar-refractivity contribution in [3.63, 3.8) is 0 Å². The smallest absolute Gasteiger partial charge is 0.374 e. The quantitative estimate of drug-likeness (QED) is 0.777. The van der Waals surface area contributed by atoms with Gasteiger partial charge in [0.2, 0.25) is 5.76 Å². The monoisotopic (exact) mass is 369 g/mol. The number of carbonyl (C=O) groups is 2. The summed E-state index contributed by atoms with van der Waals surface area (Å²) in [7, 11) is 0. The van der Waals surface area contributed by atoms with Crippen molar-refractivity contribution in [1.29, 1.82) is 0 Å². The Bertz CT molecular complexity index is 916. The molecule has 2 aromatic rings. The van der Waals surface area contributed by atoms with Crippen LogP contribution in [0.3, 0.4) is 0 Å². The first kappa shape index (κ1) is 17.8. The molecule has 0 bridgehead atoms. The second-order valence-electron chi connectivity index (χ2n) is 7.39. The molecule has 142 valence electrons. The lowest BCUT2D eigenvalue weighted by molar-refractivity contribution is -0.140. The highest BCUT2D eigenvalue weighted by atomic mass is 16.5. The first-order valence-corrected chi connectivity index (χ1v) is 9.63. The van der Waals surface area contributed by atoms with Crippen LogP contribution in [0.1, 0.15) is 49.1 Å². The zero-order chi connectivity index (χ0) is 18.8. The van der Waals surface area contributed by atoms with Crippen molar-refractivity contribution in [3.8, 4) is 0 Å². The molecule has 6 heteroatoms. The van der Waals surface area contributed by atoms with Crippen molar-refractivity contribution in [3.05, 3.63) is 46.3 Å². The highest BCUT2D eigenvalue weighted by Crippen LogP contribution is 2.35. The Morgan fingerprint density at radius 1 is 1.11 bits per heavy atom. The molecule has 2 aliphatic rings. The van der Waals surface area contributed by atoms with E-state index in [1.54, 1.807) is 24.3 Å². The second-order valence-corrected chi connectivity index (χ2v) is 7.39. The van der Waals surface area contributed by atoms with E-state index < -0.39 is 5.97 Å². The number of ether oxygens (including phenoxy) is 1. The van der Waals surface area contributed by atoms with E-state index >= 15 is 0 Å². The summed E-state index contributed by atoms with van der Waals surface area (Å²) < 4.78 is 10.6. The van der Waals surface area contributed by atoms with Crippen LogP contribution in [0.25, 0.3) is 11.0 Å². The Balaban J connectivity index is 1.43. The van der Waals surface area contributed by atoms with Crippen LogP contribution in [-0.4, -0.2) is 36.0 Å². The highest BCUT2D eigenvalue weighted by molar-refractivity contribution is 5.90. The zero-order valence-electron chi connectivity index (χ0n) is 15.2. The molecule has 0 unspecified atom stereocenters. The van der Waals surface area contributed by atoms with Gasteiger partial charge in [-0.2, -0.15) is 0 Å². The number of likely N-dealkylation sites (tertiary alicyclic amines) is 1. The minimum atomic E-state index is -0.789. The largest absolute Gasteiger partial charge is 0.450 e. The molecule has 0 spiro atoms. The number of nitrogens with zero attached hydrogens (tertiary/aromatic N) is 1. The SMILES string of the molecule is O=C(OCC(=O)N1CCC[C@H]2CCCC[C@H]21)c1cc(=O)c2ccccc2o1. The Hall–Kier alpha value is -2.63. The summed E-state index contributed by atoms with van der Waals surface area (Å²) in [6.07, 6.45) is 6.77. The topological polar surface area (TPSA) is 76.8 Å². The van der Waals surface area contributed by atoms with Gasteiger partial charge in [0.15, 0.2) is 12.0 Å². The normalized spacial score (nSPS) is 22.3. The molecule has 2 fully saturated rings. The van der Waals surface area contributed by atoms with Gasteiger partial charge >= 0.3 is 5.97 Å². The summed E-state index contributed by atoms with van der Waals surface area (Å²) in [5, 5.41) is 0.404. The Labute approximate surface area is 157 Å². The molecule has 2 atom stereocenters. The van der Waals surface area contributed by atoms with E-state index in [1.165, 1.54) is 19.3 Å². The molecule has 2 heterocycles. The number of benzene rings is 1. The molecule has 1 saturated heterocycles. The van der Waals surface area contributed by atoms with Crippen LogP contribution in [0.15, 0.2) is 39.5 Å². The van der Waals surface area contributed by atoms with Gasteiger partial charge in [-0.3, -0.25) is 9.59 Å². The maximum atomic E-state index is 12.6. The zero-order valence-corrected chi connectivity index (χ0v) is 15.2. The first-order chi connectivity index (χ1) is 13.1. The van der Waals surface area contributed by atoms with Gasteiger partial charge in [-0.15, -0.1) is 0 Å². The van der Waals surface area contributed by atoms with Crippen molar-refractivity contribution in [2.45, 2.75) is 44.6 Å². The highest BCUT2D eigenvalue weighted by Gasteiger charge is 2.35. The van der Waals surface area contributed by atoms with Gasteiger partial charge in [0.05, 0.1) is 5.39 Å². The standard InChI is InChI=1S/C21H23NO5/c23-17-12-19(27-18-10-4-2-8-15(17)18)21(25)26-13-20(24)22-11-5-7-14-6-1-3-9-16(14)22/h2,4,8,10,12,14,16H,1,3,5-7,9,11,13H2/t14-,16-/m1/s1. The molecule has 0 N–H and O–H groups in total. The Morgan fingerprint density at radius 2 is 1.89 bits per heavy atom. The van der Waals surface area contributed by atoms with Gasteiger partial charge < -0.3 is 14.1 Å². The van der Waals surface area contributed by atoms with E-state index in [0.717, 1.165) is 31.9 Å². The number of hydrogen-bond acceptors (Lipinski definition) is 5. The number of piperidine rings is 1. The lowest BCUT2D eigenvalue weighted by atomic mass is 9.78. The molecule has 27 heavy (non-hydrogen) atoms. The average molecular weight is 369 g/mol. The number of amides is 1. The number of carbonyl (C=O) groups excluding carboxylic acids is 2. The van der Waals surface area contributed by atoms with Gasteiger partial charge in [0, 0.05) is 18.7 Å². The van der Waals surface area contributed by atoms with E-state index in [4.69, 9.17) is 9.15 Å². The molecule has 1 aromatic heterocycles. The molecular weight excluding hydrogens is 346 g/mol. The predicted molar refractivity (Wildman–Crippen MR) is 99.5 cm³/mol. The van der Waals surface area contributed by atoms with E-state index in [9.17, 15) is 14.4 Å². The molecule has 1 aliphatic carbocycles. The Morgan fingerprint density at radius 3 is 2.78 bits per heavy atom. The summed E-state index contributed by atoms with van der Waals surface area (Å²) >= 11 is 0. The lowest BCUT2D eigenvalue weighted by Gasteiger charge is -2.44. The third-order valence-corrected chi connectivity index (χ3v) is 5.73. The molecule has 1 aromatic carbocycles. The molecule has 4 rings (SSSR count). The van der Waals surface area contributed by atoms with Gasteiger partial charge in [-0.05, 0) is 43.7 Å². The van der Waals surface area contributed by atoms with E-state index in [2.05, 4.69) is 0 Å². The molecule has 0 radical (unpaired) electrons. The fourth-order valence-corrected chi connectivity index (χ4v) is 4.42. The second kappa shape index (κ2) is 7.55. The molecule has 1 aliphatic heterocycles. The van der Waals surface area contributed by atoms with Crippen LogP contribution in [0.2, 0.25) is 0 Å². The minimum Gasteiger partial charge on any atom is -0.450 e. The molecule has 6 nitrogen and oxygen atoms in total. The summed E-state index contributed by atoms with van der Waals surface area (Å²) in [4.78, 5) is 38.9. The number of rotatable bonds is 3. The fourth-order valence-electron chi connectivity index (χ4n) is 4.42. The number of esters is 1. The van der Waals surface area contributed by atoms with Crippen LogP contribution in [-0.2, 0) is 9.53 Å². The predicted octanol–water partition coefficient (Wildman–Crippen LogP) is 3.13. The summed E-state index contributed by atoms with van der Waals surface area (Å²) in [6, 6.07) is 8.10. The van der Waals surface area contributed by atoms with Crippen LogP contribution < -0.4 is 5.43 Å². The number of fused-ring (bicyclic) bond motifs is 2. The molecule has 1 saturated carbocycles. The van der Waals surface area contributed by atoms with E-state index in [1.807, 2.05) is 4.90 Å². The fraction of sp³-hybridized carbons (Fsp3) is 0.476. The van der Waals surface area contributed by atoms with Gasteiger partial charge in [-0.1, -0.05) is 25.0 Å². The van der Waals surface area contributed by atoms with Crippen LogP contribution in [0.5, 0.6) is 0 Å². The summed E-state index contributed by atoms with van der Waals surface area (Å²) in [6.45, 7) is 0.404. The lowest BCUT2D eigenvalue weighted by Crippen LogP contribution is -2.50. The maximum absolute atomic E-state index is 12.6. The molecule has 1 amide bonds. The van der Waals surface area contributed by atoms with Crippen molar-refractivity contribution in [2.24, 2.45) is 5.92 Å². The number of hydrogen-bond donors (Lipinski definition) is 0.